The molecule has 3 aromatic rings. The Morgan fingerprint density at radius 1 is 1.04 bits per heavy atom. The second kappa shape index (κ2) is 8.69. The zero-order valence-corrected chi connectivity index (χ0v) is 16.3. The van der Waals surface area contributed by atoms with Crippen LogP contribution >= 0.6 is 0 Å². The number of hydrogen-bond donors (Lipinski definition) is 2. The van der Waals surface area contributed by atoms with Gasteiger partial charge in [-0.1, -0.05) is 0 Å². The van der Waals surface area contributed by atoms with Crippen molar-refractivity contribution >= 4 is 21.9 Å². The van der Waals surface area contributed by atoms with Gasteiger partial charge >= 0.3 is 5.63 Å². The number of rotatable bonds is 9. The third-order valence-corrected chi connectivity index (χ3v) is 4.90. The summed E-state index contributed by atoms with van der Waals surface area (Å²) in [6, 6.07) is 3.56. The van der Waals surface area contributed by atoms with E-state index >= 15 is 0 Å². The van der Waals surface area contributed by atoms with Gasteiger partial charge in [0.1, 0.15) is 16.9 Å². The third kappa shape index (κ3) is 4.24. The molecule has 0 aliphatic rings. The summed E-state index contributed by atoms with van der Waals surface area (Å²) in [5, 5.41) is 5.30. The molecule has 0 bridgehead atoms. The van der Waals surface area contributed by atoms with E-state index in [-0.39, 0.29) is 5.63 Å². The number of hydrogen-bond acceptors (Lipinski definition) is 6. The highest BCUT2D eigenvalue weighted by molar-refractivity contribution is 5.99. The van der Waals surface area contributed by atoms with Crippen molar-refractivity contribution in [2.45, 2.75) is 40.2 Å². The molecule has 0 aliphatic heterocycles. The molecule has 6 heteroatoms. The normalized spacial score (nSPS) is 11.7. The molecule has 3 rings (SSSR count). The summed E-state index contributed by atoms with van der Waals surface area (Å²) >= 11 is 0. The molecule has 0 radical (unpaired) electrons. The first kappa shape index (κ1) is 19.6. The first-order valence-corrected chi connectivity index (χ1v) is 9.47. The summed E-state index contributed by atoms with van der Waals surface area (Å²) in [6.07, 6.45) is 2.13. The van der Waals surface area contributed by atoms with Crippen molar-refractivity contribution < 1.29 is 13.6 Å². The lowest BCUT2D eigenvalue weighted by molar-refractivity contribution is 0.122. The minimum absolute atomic E-state index is 0.340. The van der Waals surface area contributed by atoms with Crippen molar-refractivity contribution in [1.29, 1.82) is 0 Å². The van der Waals surface area contributed by atoms with Gasteiger partial charge in [-0.05, 0) is 58.3 Å². The summed E-state index contributed by atoms with van der Waals surface area (Å²) in [5.41, 5.74) is 9.29. The van der Waals surface area contributed by atoms with Gasteiger partial charge in [0, 0.05) is 34.5 Å². The van der Waals surface area contributed by atoms with Crippen LogP contribution in [0.2, 0.25) is 0 Å². The van der Waals surface area contributed by atoms with Crippen molar-refractivity contribution in [3.8, 4) is 0 Å². The van der Waals surface area contributed by atoms with E-state index in [1.54, 1.807) is 0 Å². The number of aryl methyl sites for hydroxylation is 3. The molecule has 0 spiro atoms. The number of nitrogens with two attached hydrogens (primary N) is 1. The van der Waals surface area contributed by atoms with Gasteiger partial charge < -0.3 is 24.6 Å². The zero-order valence-electron chi connectivity index (χ0n) is 16.3. The Kier molecular flexibility index (Phi) is 6.31. The van der Waals surface area contributed by atoms with Crippen LogP contribution in [0.1, 0.15) is 35.3 Å². The molecule has 0 saturated carbocycles. The van der Waals surface area contributed by atoms with Gasteiger partial charge in [0.15, 0.2) is 0 Å². The average molecular weight is 372 g/mol. The van der Waals surface area contributed by atoms with E-state index in [4.69, 9.17) is 19.3 Å². The van der Waals surface area contributed by atoms with Crippen LogP contribution in [0.15, 0.2) is 25.8 Å². The fraction of sp³-hybridized carbons (Fsp3) is 0.476. The van der Waals surface area contributed by atoms with Crippen LogP contribution in [0.4, 0.5) is 0 Å². The van der Waals surface area contributed by atoms with Crippen LogP contribution < -0.4 is 16.7 Å². The molecule has 0 aliphatic carbocycles. The largest absolute Gasteiger partial charge is 0.461 e. The molecule has 0 saturated heterocycles. The van der Waals surface area contributed by atoms with Crippen LogP contribution in [0, 0.1) is 20.8 Å². The number of ether oxygens (including phenoxy) is 1. The summed E-state index contributed by atoms with van der Waals surface area (Å²) in [7, 11) is 0. The van der Waals surface area contributed by atoms with Crippen LogP contribution in [0.25, 0.3) is 21.9 Å². The quantitative estimate of drug-likeness (QED) is 0.442. The number of furan rings is 1. The lowest BCUT2D eigenvalue weighted by Gasteiger charge is -2.07. The molecule has 1 aromatic carbocycles. The predicted octanol–water partition coefficient (Wildman–Crippen LogP) is 3.31. The zero-order chi connectivity index (χ0) is 19.4. The van der Waals surface area contributed by atoms with E-state index in [0.29, 0.717) is 18.8 Å². The lowest BCUT2D eigenvalue weighted by Crippen LogP contribution is -2.21. The lowest BCUT2D eigenvalue weighted by atomic mass is 10.0. The first-order valence-electron chi connectivity index (χ1n) is 9.47. The molecule has 27 heavy (non-hydrogen) atoms. The van der Waals surface area contributed by atoms with Gasteiger partial charge in [0.25, 0.3) is 0 Å². The van der Waals surface area contributed by atoms with E-state index < -0.39 is 0 Å². The van der Waals surface area contributed by atoms with Crippen LogP contribution in [-0.4, -0.2) is 26.2 Å². The molecule has 3 N–H and O–H groups in total. The van der Waals surface area contributed by atoms with Crippen molar-refractivity contribution in [2.75, 3.05) is 26.2 Å². The maximum Gasteiger partial charge on any atom is 0.336 e. The Hall–Kier alpha value is -2.15. The van der Waals surface area contributed by atoms with Crippen molar-refractivity contribution in [2.24, 2.45) is 5.73 Å². The summed E-state index contributed by atoms with van der Waals surface area (Å²) < 4.78 is 17.2. The van der Waals surface area contributed by atoms with Gasteiger partial charge in [-0.3, -0.25) is 0 Å². The summed E-state index contributed by atoms with van der Waals surface area (Å²) in [4.78, 5) is 11.7. The molecule has 2 heterocycles. The summed E-state index contributed by atoms with van der Waals surface area (Å²) in [6.45, 7) is 9.42. The van der Waals surface area contributed by atoms with E-state index in [2.05, 4.69) is 5.32 Å². The highest BCUT2D eigenvalue weighted by atomic mass is 16.5. The number of unbranched alkanes of at least 4 members (excludes halogenated alkanes) is 1. The smallest absolute Gasteiger partial charge is 0.336 e. The molecule has 0 atom stereocenters. The minimum Gasteiger partial charge on any atom is -0.461 e. The number of fused-ring (bicyclic) bond motifs is 2. The van der Waals surface area contributed by atoms with E-state index in [1.165, 1.54) is 6.07 Å². The molecule has 6 nitrogen and oxygen atoms in total. The standard InChI is InChI=1S/C21H28N2O4/c1-13-10-19(24)27-20-14(2)21-17(11-16(13)20)18(15(3)26-21)12-25-9-8-23-7-5-4-6-22/h10-11,23H,4-9,12,22H2,1-3H3. The van der Waals surface area contributed by atoms with Gasteiger partial charge in [-0.25, -0.2) is 4.79 Å². The average Bonchev–Trinajstić information content (AvgIpc) is 2.94. The Balaban J connectivity index is 1.76. The van der Waals surface area contributed by atoms with Gasteiger partial charge in [-0.15, -0.1) is 0 Å². The predicted molar refractivity (Wildman–Crippen MR) is 107 cm³/mol. The molecule has 0 amide bonds. The fourth-order valence-corrected chi connectivity index (χ4v) is 3.37. The Labute approximate surface area is 158 Å². The highest BCUT2D eigenvalue weighted by Gasteiger charge is 2.17. The highest BCUT2D eigenvalue weighted by Crippen LogP contribution is 2.34. The van der Waals surface area contributed by atoms with Crippen LogP contribution in [-0.2, 0) is 11.3 Å². The van der Waals surface area contributed by atoms with Crippen LogP contribution in [0.3, 0.4) is 0 Å². The minimum atomic E-state index is -0.340. The maximum absolute atomic E-state index is 11.7. The van der Waals surface area contributed by atoms with E-state index in [1.807, 2.05) is 26.8 Å². The monoisotopic (exact) mass is 372 g/mol. The van der Waals surface area contributed by atoms with Gasteiger partial charge in [-0.2, -0.15) is 0 Å². The summed E-state index contributed by atoms with van der Waals surface area (Å²) in [5.74, 6) is 0.833. The van der Waals surface area contributed by atoms with Gasteiger partial charge in [0.2, 0.25) is 0 Å². The fourth-order valence-electron chi connectivity index (χ4n) is 3.37. The molecule has 0 fully saturated rings. The molecule has 2 aromatic heterocycles. The topological polar surface area (TPSA) is 90.6 Å². The second-order valence-corrected chi connectivity index (χ2v) is 6.94. The number of benzene rings is 1. The number of nitrogens with one attached hydrogen (secondary N) is 1. The van der Waals surface area contributed by atoms with Gasteiger partial charge in [0.05, 0.1) is 13.2 Å². The maximum atomic E-state index is 11.7. The molecular weight excluding hydrogens is 344 g/mol. The molecule has 0 unspecified atom stereocenters. The second-order valence-electron chi connectivity index (χ2n) is 6.94. The molecule has 146 valence electrons. The third-order valence-electron chi connectivity index (χ3n) is 4.90. The SMILES string of the molecule is Cc1oc2c(C)c3oc(=O)cc(C)c3cc2c1COCCNCCCCN. The van der Waals surface area contributed by atoms with E-state index in [0.717, 1.165) is 71.3 Å². The molecular formula is C21H28N2O4. The van der Waals surface area contributed by atoms with Crippen LogP contribution in [0.5, 0.6) is 0 Å². The van der Waals surface area contributed by atoms with Crippen molar-refractivity contribution in [3.63, 3.8) is 0 Å². The Morgan fingerprint density at radius 2 is 1.81 bits per heavy atom. The van der Waals surface area contributed by atoms with Crippen molar-refractivity contribution in [1.82, 2.24) is 5.32 Å². The van der Waals surface area contributed by atoms with E-state index in [9.17, 15) is 4.79 Å². The first-order chi connectivity index (χ1) is 13.0. The Bertz CT molecular complexity index is 987. The Morgan fingerprint density at radius 3 is 2.59 bits per heavy atom. The van der Waals surface area contributed by atoms with Crippen molar-refractivity contribution in [3.05, 3.63) is 45.0 Å².